The van der Waals surface area contributed by atoms with Crippen LogP contribution in [0.2, 0.25) is 0 Å². The van der Waals surface area contributed by atoms with E-state index in [1.54, 1.807) is 36.4 Å². The summed E-state index contributed by atoms with van der Waals surface area (Å²) in [7, 11) is -8.17. The number of nitrogens with zero attached hydrogens (tertiary/aromatic N) is 1. The summed E-state index contributed by atoms with van der Waals surface area (Å²) in [6.07, 6.45) is 1.47. The molecule has 0 unspecified atom stereocenters. The second kappa shape index (κ2) is 8.04. The van der Waals surface area contributed by atoms with Crippen LogP contribution < -0.4 is 10.5 Å². The number of aromatic nitrogens is 1. The number of nitrogens with two attached hydrogens (primary N) is 1. The summed E-state index contributed by atoms with van der Waals surface area (Å²) in [4.78, 5) is 0.00987. The monoisotopic (exact) mass is 421 g/mol. The molecule has 0 fully saturated rings. The minimum atomic E-state index is -4.13. The van der Waals surface area contributed by atoms with Gasteiger partial charge in [0.25, 0.3) is 20.0 Å². The van der Waals surface area contributed by atoms with Gasteiger partial charge >= 0.3 is 0 Å². The topological polar surface area (TPSA) is 111 Å². The molecular weight excluding hydrogens is 398 g/mol. The predicted molar refractivity (Wildman–Crippen MR) is 109 cm³/mol. The van der Waals surface area contributed by atoms with Crippen molar-refractivity contribution in [3.8, 4) is 0 Å². The van der Waals surface area contributed by atoms with Crippen LogP contribution in [0, 0.1) is 0 Å². The zero-order valence-electron chi connectivity index (χ0n) is 15.5. The lowest BCUT2D eigenvalue weighted by Gasteiger charge is -2.13. The Kier molecular flexibility index (Phi) is 5.90. The summed E-state index contributed by atoms with van der Waals surface area (Å²) in [5.41, 5.74) is 6.68. The molecule has 150 valence electrons. The number of unbranched alkanes of at least 4 members (excludes halogenated alkanes) is 1. The maximum absolute atomic E-state index is 13.3. The molecule has 0 bridgehead atoms. The minimum absolute atomic E-state index is 0.00987. The van der Waals surface area contributed by atoms with Crippen molar-refractivity contribution in [3.05, 3.63) is 60.2 Å². The fraction of sp³-hybridized carbons (Fsp3) is 0.263. The number of sulfonamides is 1. The van der Waals surface area contributed by atoms with Crippen LogP contribution in [0.4, 0.5) is 0 Å². The molecule has 9 heteroatoms. The van der Waals surface area contributed by atoms with Crippen molar-refractivity contribution < 1.29 is 16.8 Å². The van der Waals surface area contributed by atoms with Crippen LogP contribution in [-0.4, -0.2) is 27.4 Å². The lowest BCUT2D eigenvalue weighted by atomic mass is 10.2. The molecule has 0 radical (unpaired) electrons. The Morgan fingerprint density at radius 3 is 2.36 bits per heavy atom. The molecule has 3 N–H and O–H groups in total. The first-order chi connectivity index (χ1) is 13.3. The van der Waals surface area contributed by atoms with E-state index in [1.807, 2.05) is 6.92 Å². The second-order valence-corrected chi connectivity index (χ2v) is 9.91. The van der Waals surface area contributed by atoms with Crippen LogP contribution in [-0.2, 0) is 26.6 Å². The molecule has 1 aromatic heterocycles. The highest BCUT2D eigenvalue weighted by molar-refractivity contribution is 7.92. The fourth-order valence-electron chi connectivity index (χ4n) is 2.91. The van der Waals surface area contributed by atoms with E-state index in [4.69, 9.17) is 5.73 Å². The van der Waals surface area contributed by atoms with Crippen LogP contribution in [0.5, 0.6) is 0 Å². The highest BCUT2D eigenvalue weighted by Crippen LogP contribution is 2.29. The average molecular weight is 422 g/mol. The SMILES string of the molecule is CCCCNS(=O)(=O)c1cc2ccc(CN)cc2n1S(=O)(=O)c1ccccc1. The number of nitrogens with one attached hydrogen (secondary N) is 1. The number of rotatable bonds is 8. The number of hydrogen-bond acceptors (Lipinski definition) is 5. The van der Waals surface area contributed by atoms with E-state index in [1.165, 1.54) is 18.2 Å². The van der Waals surface area contributed by atoms with E-state index in [2.05, 4.69) is 4.72 Å². The molecule has 0 saturated heterocycles. The van der Waals surface area contributed by atoms with E-state index >= 15 is 0 Å². The third-order valence-corrected chi connectivity index (χ3v) is 7.70. The zero-order valence-corrected chi connectivity index (χ0v) is 17.1. The predicted octanol–water partition coefficient (Wildman–Crippen LogP) is 2.42. The molecule has 3 aromatic rings. The Bertz CT molecular complexity index is 1180. The van der Waals surface area contributed by atoms with Crippen molar-refractivity contribution in [2.45, 2.75) is 36.2 Å². The molecule has 1 heterocycles. The zero-order chi connectivity index (χ0) is 20.4. The van der Waals surface area contributed by atoms with E-state index in [9.17, 15) is 16.8 Å². The van der Waals surface area contributed by atoms with E-state index < -0.39 is 20.0 Å². The summed E-state index contributed by atoms with van der Waals surface area (Å²) < 4.78 is 55.9. The van der Waals surface area contributed by atoms with Gasteiger partial charge < -0.3 is 5.73 Å². The van der Waals surface area contributed by atoms with Crippen molar-refractivity contribution in [2.75, 3.05) is 6.54 Å². The van der Waals surface area contributed by atoms with Crippen LogP contribution in [0.1, 0.15) is 25.3 Å². The van der Waals surface area contributed by atoms with Crippen LogP contribution in [0.15, 0.2) is 64.5 Å². The van der Waals surface area contributed by atoms with Gasteiger partial charge in [-0.25, -0.2) is 25.5 Å². The molecule has 28 heavy (non-hydrogen) atoms. The Balaban J connectivity index is 2.29. The normalized spacial score (nSPS) is 12.5. The quantitative estimate of drug-likeness (QED) is 0.543. The lowest BCUT2D eigenvalue weighted by molar-refractivity contribution is 0.564. The van der Waals surface area contributed by atoms with Gasteiger partial charge in [-0.1, -0.05) is 43.7 Å². The highest BCUT2D eigenvalue weighted by Gasteiger charge is 2.29. The summed E-state index contributed by atoms with van der Waals surface area (Å²) >= 11 is 0. The highest BCUT2D eigenvalue weighted by atomic mass is 32.2. The number of hydrogen-bond donors (Lipinski definition) is 2. The van der Waals surface area contributed by atoms with Crippen LogP contribution in [0.25, 0.3) is 10.9 Å². The Morgan fingerprint density at radius 2 is 1.71 bits per heavy atom. The molecule has 0 saturated carbocycles. The summed E-state index contributed by atoms with van der Waals surface area (Å²) in [5, 5.41) is 0.198. The molecular formula is C19H23N3O4S2. The van der Waals surface area contributed by atoms with Gasteiger partial charge in [0.1, 0.15) is 0 Å². The van der Waals surface area contributed by atoms with Gasteiger partial charge in [-0.3, -0.25) is 0 Å². The maximum atomic E-state index is 13.3. The minimum Gasteiger partial charge on any atom is -0.326 e. The first-order valence-corrected chi connectivity index (χ1v) is 11.9. The van der Waals surface area contributed by atoms with E-state index in [0.717, 1.165) is 10.4 Å². The van der Waals surface area contributed by atoms with Gasteiger partial charge in [0.15, 0.2) is 5.03 Å². The molecule has 0 aliphatic carbocycles. The summed E-state index contributed by atoms with van der Waals surface area (Å²) in [5.74, 6) is 0. The number of benzene rings is 2. The third-order valence-electron chi connectivity index (χ3n) is 4.41. The molecule has 7 nitrogen and oxygen atoms in total. The molecule has 0 aliphatic heterocycles. The molecule has 0 atom stereocenters. The van der Waals surface area contributed by atoms with Gasteiger partial charge in [0, 0.05) is 18.5 Å². The molecule has 0 aliphatic rings. The van der Waals surface area contributed by atoms with Gasteiger partial charge in [-0.15, -0.1) is 0 Å². The molecule has 0 amide bonds. The average Bonchev–Trinajstić information content (AvgIpc) is 3.09. The van der Waals surface area contributed by atoms with Gasteiger partial charge in [0.05, 0.1) is 10.4 Å². The first kappa shape index (κ1) is 20.5. The van der Waals surface area contributed by atoms with Crippen molar-refractivity contribution in [2.24, 2.45) is 5.73 Å². The smallest absolute Gasteiger partial charge is 0.269 e. The first-order valence-electron chi connectivity index (χ1n) is 8.96. The third kappa shape index (κ3) is 3.83. The summed E-state index contributed by atoms with van der Waals surface area (Å²) in [6.45, 7) is 2.39. The second-order valence-electron chi connectivity index (χ2n) is 6.41. The number of fused-ring (bicyclic) bond motifs is 1. The van der Waals surface area contributed by atoms with Crippen LogP contribution in [0.3, 0.4) is 0 Å². The Hall–Kier alpha value is -2.20. The molecule has 2 aromatic carbocycles. The van der Waals surface area contributed by atoms with Crippen molar-refractivity contribution in [1.82, 2.24) is 8.69 Å². The van der Waals surface area contributed by atoms with Gasteiger partial charge in [-0.05, 0) is 36.2 Å². The van der Waals surface area contributed by atoms with E-state index in [-0.39, 0.29) is 28.5 Å². The van der Waals surface area contributed by atoms with E-state index in [0.29, 0.717) is 17.4 Å². The Labute approximate surface area is 165 Å². The standard InChI is InChI=1S/C19H23N3O4S2/c1-2-3-11-21-27(23,24)19-13-16-10-9-15(14-20)12-18(16)22(19)28(25,26)17-7-5-4-6-8-17/h4-10,12-13,21H,2-3,11,14,20H2,1H3. The molecule has 0 spiro atoms. The van der Waals surface area contributed by atoms with Crippen LogP contribution >= 0.6 is 0 Å². The van der Waals surface area contributed by atoms with Crippen molar-refractivity contribution >= 4 is 30.9 Å². The van der Waals surface area contributed by atoms with Crippen molar-refractivity contribution in [1.29, 1.82) is 0 Å². The molecule has 3 rings (SSSR count). The lowest BCUT2D eigenvalue weighted by Crippen LogP contribution is -2.28. The van der Waals surface area contributed by atoms with Crippen molar-refractivity contribution in [3.63, 3.8) is 0 Å². The Morgan fingerprint density at radius 1 is 1.00 bits per heavy atom. The maximum Gasteiger partial charge on any atom is 0.269 e. The fourth-order valence-corrected chi connectivity index (χ4v) is 6.08. The van der Waals surface area contributed by atoms with Gasteiger partial charge in [0.2, 0.25) is 0 Å². The largest absolute Gasteiger partial charge is 0.326 e. The van der Waals surface area contributed by atoms with Gasteiger partial charge in [-0.2, -0.15) is 0 Å². The summed E-state index contributed by atoms with van der Waals surface area (Å²) in [6, 6.07) is 14.2.